The lowest BCUT2D eigenvalue weighted by Crippen LogP contribution is -2.63. The van der Waals surface area contributed by atoms with Gasteiger partial charge in [-0.25, -0.2) is 4.79 Å². The molecule has 1 fully saturated rings. The van der Waals surface area contributed by atoms with E-state index in [1.54, 1.807) is 0 Å². The van der Waals surface area contributed by atoms with E-state index in [0.717, 1.165) is 21.9 Å². The van der Waals surface area contributed by atoms with Crippen LogP contribution in [-0.2, 0) is 32.0 Å². The molecule has 1 heterocycles. The van der Waals surface area contributed by atoms with Crippen LogP contribution >= 0.6 is 0 Å². The highest BCUT2D eigenvalue weighted by Gasteiger charge is 2.35. The number of carbonyl (C=O) groups excluding carboxylic acids is 3. The first-order valence-electron chi connectivity index (χ1n) is 11.0. The van der Waals surface area contributed by atoms with Crippen molar-refractivity contribution >= 4 is 34.5 Å². The van der Waals surface area contributed by atoms with Crippen LogP contribution in [0.1, 0.15) is 17.5 Å². The zero-order valence-corrected chi connectivity index (χ0v) is 18.4. The van der Waals surface area contributed by atoms with E-state index in [-0.39, 0.29) is 18.7 Å². The van der Waals surface area contributed by atoms with Crippen molar-refractivity contribution in [3.63, 3.8) is 0 Å². The van der Waals surface area contributed by atoms with Crippen molar-refractivity contribution in [1.82, 2.24) is 16.0 Å². The summed E-state index contributed by atoms with van der Waals surface area (Å²) in [6, 6.07) is 19.5. The van der Waals surface area contributed by atoms with Crippen molar-refractivity contribution in [2.45, 2.75) is 37.4 Å². The van der Waals surface area contributed by atoms with Crippen molar-refractivity contribution in [3.8, 4) is 0 Å². The van der Waals surface area contributed by atoms with Crippen LogP contribution in [0, 0.1) is 0 Å². The van der Waals surface area contributed by atoms with E-state index in [0.29, 0.717) is 6.42 Å². The fourth-order valence-electron chi connectivity index (χ4n) is 4.14. The fraction of sp³-hybridized carbons (Fsp3) is 0.231. The number of amides is 3. The molecule has 0 aromatic heterocycles. The highest BCUT2D eigenvalue weighted by Crippen LogP contribution is 2.20. The Labute approximate surface area is 196 Å². The third kappa shape index (κ3) is 5.40. The zero-order valence-electron chi connectivity index (χ0n) is 18.4. The molecule has 3 aromatic rings. The van der Waals surface area contributed by atoms with Crippen LogP contribution in [0.15, 0.2) is 72.8 Å². The molecule has 0 spiro atoms. The molecule has 8 heteroatoms. The van der Waals surface area contributed by atoms with Gasteiger partial charge in [-0.2, -0.15) is 0 Å². The lowest BCUT2D eigenvalue weighted by atomic mass is 9.98. The van der Waals surface area contributed by atoms with E-state index in [9.17, 15) is 24.3 Å². The van der Waals surface area contributed by atoms with Gasteiger partial charge in [-0.05, 0) is 21.9 Å². The Morgan fingerprint density at radius 2 is 1.50 bits per heavy atom. The molecule has 3 atom stereocenters. The van der Waals surface area contributed by atoms with Gasteiger partial charge in [0, 0.05) is 12.8 Å². The number of piperazine rings is 1. The molecular weight excluding hydrogens is 434 g/mol. The summed E-state index contributed by atoms with van der Waals surface area (Å²) in [6.07, 6.45) is 0.0726. The number of aliphatic carboxylic acids is 1. The molecule has 34 heavy (non-hydrogen) atoms. The van der Waals surface area contributed by atoms with E-state index in [1.165, 1.54) is 0 Å². The number of carboxylic acid groups (broad SMARTS) is 1. The highest BCUT2D eigenvalue weighted by molar-refractivity contribution is 5.99. The average molecular weight is 460 g/mol. The largest absolute Gasteiger partial charge is 0.480 e. The molecule has 0 radical (unpaired) electrons. The van der Waals surface area contributed by atoms with Gasteiger partial charge in [0.2, 0.25) is 17.7 Å². The summed E-state index contributed by atoms with van der Waals surface area (Å²) in [7, 11) is 0. The summed E-state index contributed by atoms with van der Waals surface area (Å²) in [5.74, 6) is -2.67. The molecule has 0 unspecified atom stereocenters. The summed E-state index contributed by atoms with van der Waals surface area (Å²) in [4.78, 5) is 49.4. The Kier molecular flexibility index (Phi) is 6.87. The van der Waals surface area contributed by atoms with Gasteiger partial charge in [-0.1, -0.05) is 72.8 Å². The molecule has 0 aliphatic carbocycles. The topological polar surface area (TPSA) is 125 Å². The Morgan fingerprint density at radius 1 is 0.853 bits per heavy atom. The third-order valence-corrected chi connectivity index (χ3v) is 5.88. The number of benzene rings is 3. The second kappa shape index (κ2) is 10.2. The molecule has 0 bridgehead atoms. The first kappa shape index (κ1) is 23.0. The van der Waals surface area contributed by atoms with Crippen molar-refractivity contribution in [3.05, 3.63) is 83.9 Å². The maximum absolute atomic E-state index is 12.6. The summed E-state index contributed by atoms with van der Waals surface area (Å²) in [5.41, 5.74) is 1.69. The maximum Gasteiger partial charge on any atom is 0.326 e. The van der Waals surface area contributed by atoms with Crippen LogP contribution in [0.4, 0.5) is 0 Å². The van der Waals surface area contributed by atoms with Gasteiger partial charge in [-0.3, -0.25) is 14.4 Å². The van der Waals surface area contributed by atoms with Gasteiger partial charge in [0.25, 0.3) is 0 Å². The average Bonchev–Trinajstić information content (AvgIpc) is 2.82. The van der Waals surface area contributed by atoms with Crippen molar-refractivity contribution in [2.75, 3.05) is 0 Å². The molecule has 174 valence electrons. The molecule has 1 aliphatic heterocycles. The molecule has 3 amide bonds. The maximum atomic E-state index is 12.6. The molecular formula is C26H25N3O5. The molecule has 1 saturated heterocycles. The minimum Gasteiger partial charge on any atom is -0.480 e. The number of rotatable bonds is 8. The molecule has 8 nitrogen and oxygen atoms in total. The van der Waals surface area contributed by atoms with Crippen LogP contribution in [0.2, 0.25) is 0 Å². The third-order valence-electron chi connectivity index (χ3n) is 5.88. The smallest absolute Gasteiger partial charge is 0.326 e. The Morgan fingerprint density at radius 3 is 2.26 bits per heavy atom. The van der Waals surface area contributed by atoms with Crippen molar-refractivity contribution in [2.24, 2.45) is 0 Å². The van der Waals surface area contributed by atoms with Crippen LogP contribution in [0.5, 0.6) is 0 Å². The van der Waals surface area contributed by atoms with Crippen LogP contribution in [0.25, 0.3) is 10.8 Å². The second-order valence-corrected chi connectivity index (χ2v) is 8.32. The zero-order chi connectivity index (χ0) is 24.1. The van der Waals surface area contributed by atoms with E-state index < -0.39 is 35.9 Å². The highest BCUT2D eigenvalue weighted by atomic mass is 16.4. The van der Waals surface area contributed by atoms with E-state index in [2.05, 4.69) is 16.0 Å². The monoisotopic (exact) mass is 459 g/mol. The number of hydrogen-bond acceptors (Lipinski definition) is 4. The SMILES string of the molecule is O=C(C[C@@H]1NC(=O)[C@H](Cc2ccccc2)NC1=O)N[C@H](Cc1cccc2ccccc12)C(=O)O. The normalized spacial score (nSPS) is 18.6. The van der Waals surface area contributed by atoms with Gasteiger partial charge in [0.15, 0.2) is 0 Å². The minimum atomic E-state index is -1.18. The minimum absolute atomic E-state index is 0.0881. The van der Waals surface area contributed by atoms with Gasteiger partial charge >= 0.3 is 5.97 Å². The van der Waals surface area contributed by atoms with Gasteiger partial charge in [0.05, 0.1) is 6.42 Å². The van der Waals surface area contributed by atoms with Gasteiger partial charge < -0.3 is 21.1 Å². The van der Waals surface area contributed by atoms with Gasteiger partial charge in [0.1, 0.15) is 18.1 Å². The number of hydrogen-bond donors (Lipinski definition) is 4. The quantitative estimate of drug-likeness (QED) is 0.407. The Hall–Kier alpha value is -4.20. The molecule has 1 aliphatic rings. The van der Waals surface area contributed by atoms with Crippen LogP contribution in [0.3, 0.4) is 0 Å². The number of carbonyl (C=O) groups is 4. The molecule has 4 N–H and O–H groups in total. The van der Waals surface area contributed by atoms with Crippen LogP contribution in [-0.4, -0.2) is 46.9 Å². The van der Waals surface area contributed by atoms with E-state index in [1.807, 2.05) is 72.8 Å². The number of nitrogens with one attached hydrogen (secondary N) is 3. The first-order chi connectivity index (χ1) is 16.4. The lowest BCUT2D eigenvalue weighted by molar-refractivity contribution is -0.142. The summed E-state index contributed by atoms with van der Waals surface area (Å²) >= 11 is 0. The second-order valence-electron chi connectivity index (χ2n) is 8.32. The molecule has 0 saturated carbocycles. The standard InChI is InChI=1S/C26H25N3O5/c30-23(15-21-25(32)28-20(24(31)29-21)13-16-7-2-1-3-8-16)27-22(26(33)34)14-18-11-6-10-17-9-4-5-12-19(17)18/h1-12,20-22H,13-15H2,(H,27,30)(H,28,32)(H,29,31)(H,33,34)/t20-,21-,22+/m0/s1. The Bertz CT molecular complexity index is 1220. The number of fused-ring (bicyclic) bond motifs is 1. The molecule has 4 rings (SSSR count). The van der Waals surface area contributed by atoms with Crippen molar-refractivity contribution < 1.29 is 24.3 Å². The lowest BCUT2D eigenvalue weighted by Gasteiger charge is -2.29. The van der Waals surface area contributed by atoms with Crippen molar-refractivity contribution in [1.29, 1.82) is 0 Å². The summed E-state index contributed by atoms with van der Waals surface area (Å²) < 4.78 is 0. The van der Waals surface area contributed by atoms with E-state index >= 15 is 0 Å². The molecule has 3 aromatic carbocycles. The first-order valence-corrected chi connectivity index (χ1v) is 11.0. The van der Waals surface area contributed by atoms with Gasteiger partial charge in [-0.15, -0.1) is 0 Å². The predicted octanol–water partition coefficient (Wildman–Crippen LogP) is 1.57. The Balaban J connectivity index is 1.37. The predicted molar refractivity (Wildman–Crippen MR) is 126 cm³/mol. The van der Waals surface area contributed by atoms with E-state index in [4.69, 9.17) is 0 Å². The fourth-order valence-corrected chi connectivity index (χ4v) is 4.14. The summed E-state index contributed by atoms with van der Waals surface area (Å²) in [5, 5.41) is 19.3. The van der Waals surface area contributed by atoms with Crippen LogP contribution < -0.4 is 16.0 Å². The number of carboxylic acids is 1. The summed E-state index contributed by atoms with van der Waals surface area (Å²) in [6.45, 7) is 0.